The van der Waals surface area contributed by atoms with E-state index >= 15 is 0 Å². The summed E-state index contributed by atoms with van der Waals surface area (Å²) in [5, 5.41) is 20.1. The number of rotatable bonds is 6. The normalized spacial score (nSPS) is 13.3. The van der Waals surface area contributed by atoms with Crippen LogP contribution in [0.25, 0.3) is 5.82 Å². The third kappa shape index (κ3) is 3.86. The molecule has 0 atom stereocenters. The molecule has 0 amide bonds. The van der Waals surface area contributed by atoms with Crippen LogP contribution in [0.1, 0.15) is 17.5 Å². The Morgan fingerprint density at radius 3 is 2.63 bits per heavy atom. The Labute approximate surface area is 155 Å². The summed E-state index contributed by atoms with van der Waals surface area (Å²) in [4.78, 5) is 23.3. The number of carboxylic acid groups (broad SMARTS) is 1. The van der Waals surface area contributed by atoms with Crippen LogP contribution in [0.4, 0.5) is 11.8 Å². The van der Waals surface area contributed by atoms with Crippen molar-refractivity contribution in [3.8, 4) is 5.82 Å². The number of carbonyl (C=O) groups is 1. The first-order chi connectivity index (χ1) is 13.2. The van der Waals surface area contributed by atoms with Crippen LogP contribution in [0.5, 0.6) is 0 Å². The molecule has 2 aromatic heterocycles. The SMILES string of the molecule is O=C(O)CCNc1nc(N2CCc3ccccc3C2)cc(-n2nccn2)n1. The van der Waals surface area contributed by atoms with E-state index in [-0.39, 0.29) is 13.0 Å². The Kier molecular flexibility index (Phi) is 4.65. The smallest absolute Gasteiger partial charge is 0.305 e. The molecule has 2 N–H and O–H groups in total. The minimum Gasteiger partial charge on any atom is -0.481 e. The lowest BCUT2D eigenvalue weighted by Gasteiger charge is -2.30. The zero-order valence-electron chi connectivity index (χ0n) is 14.6. The van der Waals surface area contributed by atoms with E-state index in [2.05, 4.69) is 48.6 Å². The van der Waals surface area contributed by atoms with Gasteiger partial charge < -0.3 is 15.3 Å². The number of nitrogens with one attached hydrogen (secondary N) is 1. The summed E-state index contributed by atoms with van der Waals surface area (Å²) in [5.74, 6) is 0.770. The maximum atomic E-state index is 10.8. The van der Waals surface area contributed by atoms with Gasteiger partial charge >= 0.3 is 5.97 Å². The van der Waals surface area contributed by atoms with Gasteiger partial charge in [0.25, 0.3) is 0 Å². The molecule has 3 heterocycles. The van der Waals surface area contributed by atoms with Gasteiger partial charge in [-0.05, 0) is 17.5 Å². The van der Waals surface area contributed by atoms with Crippen molar-refractivity contribution in [2.24, 2.45) is 0 Å². The molecule has 138 valence electrons. The molecular weight excluding hydrogens is 346 g/mol. The second-order valence-corrected chi connectivity index (χ2v) is 6.24. The lowest BCUT2D eigenvalue weighted by atomic mass is 10.00. The molecule has 1 aromatic carbocycles. The van der Waals surface area contributed by atoms with Crippen LogP contribution < -0.4 is 10.2 Å². The first-order valence-electron chi connectivity index (χ1n) is 8.72. The molecule has 9 heteroatoms. The van der Waals surface area contributed by atoms with Crippen LogP contribution in [-0.2, 0) is 17.8 Å². The van der Waals surface area contributed by atoms with E-state index in [4.69, 9.17) is 5.11 Å². The number of hydrogen-bond acceptors (Lipinski definition) is 7. The monoisotopic (exact) mass is 365 g/mol. The summed E-state index contributed by atoms with van der Waals surface area (Å²) < 4.78 is 0. The van der Waals surface area contributed by atoms with Crippen LogP contribution in [-0.4, -0.2) is 49.1 Å². The molecule has 9 nitrogen and oxygen atoms in total. The van der Waals surface area contributed by atoms with E-state index in [9.17, 15) is 4.79 Å². The summed E-state index contributed by atoms with van der Waals surface area (Å²) in [5.41, 5.74) is 2.64. The van der Waals surface area contributed by atoms with Gasteiger partial charge in [-0.2, -0.15) is 20.2 Å². The number of nitrogens with zero attached hydrogens (tertiary/aromatic N) is 6. The van der Waals surface area contributed by atoms with Crippen LogP contribution in [0.2, 0.25) is 0 Å². The standard InChI is InChI=1S/C18H19N7O2/c26-17(27)5-7-19-18-22-15(11-16(23-18)25-20-8-9-21-25)24-10-6-13-3-1-2-4-14(13)12-24/h1-4,8-9,11H,5-7,10,12H2,(H,26,27)(H,19,22,23). The summed E-state index contributed by atoms with van der Waals surface area (Å²) in [6.45, 7) is 1.84. The zero-order valence-corrected chi connectivity index (χ0v) is 14.6. The van der Waals surface area contributed by atoms with Crippen molar-refractivity contribution in [2.75, 3.05) is 23.3 Å². The van der Waals surface area contributed by atoms with E-state index in [0.29, 0.717) is 11.8 Å². The summed E-state index contributed by atoms with van der Waals surface area (Å²) in [6, 6.07) is 10.2. The average molecular weight is 365 g/mol. The summed E-state index contributed by atoms with van der Waals surface area (Å²) >= 11 is 0. The number of aliphatic carboxylic acids is 1. The molecule has 0 bridgehead atoms. The molecular formula is C18H19N7O2. The Morgan fingerprint density at radius 1 is 1.11 bits per heavy atom. The average Bonchev–Trinajstić information content (AvgIpc) is 3.22. The number of anilines is 2. The van der Waals surface area contributed by atoms with Gasteiger partial charge in [0, 0.05) is 25.7 Å². The van der Waals surface area contributed by atoms with Crippen molar-refractivity contribution < 1.29 is 9.90 Å². The second-order valence-electron chi connectivity index (χ2n) is 6.24. The van der Waals surface area contributed by atoms with Gasteiger partial charge in [-0.3, -0.25) is 4.79 Å². The van der Waals surface area contributed by atoms with Crippen LogP contribution in [0.3, 0.4) is 0 Å². The molecule has 0 spiro atoms. The third-order valence-corrected chi connectivity index (χ3v) is 4.40. The Bertz CT molecular complexity index is 943. The number of hydrogen-bond donors (Lipinski definition) is 2. The number of benzene rings is 1. The maximum absolute atomic E-state index is 10.8. The van der Waals surface area contributed by atoms with E-state index in [1.54, 1.807) is 12.4 Å². The van der Waals surface area contributed by atoms with Crippen molar-refractivity contribution in [1.29, 1.82) is 0 Å². The predicted molar refractivity (Wildman–Crippen MR) is 98.9 cm³/mol. The molecule has 0 saturated carbocycles. The van der Waals surface area contributed by atoms with Gasteiger partial charge in [0.05, 0.1) is 18.8 Å². The van der Waals surface area contributed by atoms with Crippen molar-refractivity contribution in [2.45, 2.75) is 19.4 Å². The van der Waals surface area contributed by atoms with E-state index in [1.165, 1.54) is 15.9 Å². The van der Waals surface area contributed by atoms with Crippen LogP contribution >= 0.6 is 0 Å². The fourth-order valence-electron chi connectivity index (χ4n) is 3.07. The first-order valence-corrected chi connectivity index (χ1v) is 8.72. The highest BCUT2D eigenvalue weighted by atomic mass is 16.4. The molecule has 1 aliphatic heterocycles. The van der Waals surface area contributed by atoms with Crippen LogP contribution in [0.15, 0.2) is 42.7 Å². The largest absolute Gasteiger partial charge is 0.481 e. The Balaban J connectivity index is 1.63. The Hall–Kier alpha value is -3.49. The molecule has 0 unspecified atom stereocenters. The molecule has 3 aromatic rings. The van der Waals surface area contributed by atoms with E-state index in [0.717, 1.165) is 25.3 Å². The molecule has 0 fully saturated rings. The highest BCUT2D eigenvalue weighted by Crippen LogP contribution is 2.25. The highest BCUT2D eigenvalue weighted by Gasteiger charge is 2.19. The zero-order chi connectivity index (χ0) is 18.6. The molecule has 0 aliphatic carbocycles. The van der Waals surface area contributed by atoms with Gasteiger partial charge in [-0.15, -0.1) is 4.80 Å². The van der Waals surface area contributed by atoms with Crippen LogP contribution in [0, 0.1) is 0 Å². The molecule has 1 aliphatic rings. The molecule has 27 heavy (non-hydrogen) atoms. The topological polar surface area (TPSA) is 109 Å². The van der Waals surface area contributed by atoms with Gasteiger partial charge in [-0.25, -0.2) is 0 Å². The van der Waals surface area contributed by atoms with Gasteiger partial charge in [0.2, 0.25) is 5.95 Å². The number of fused-ring (bicyclic) bond motifs is 1. The lowest BCUT2D eigenvalue weighted by Crippen LogP contribution is -2.31. The van der Waals surface area contributed by atoms with Crippen molar-refractivity contribution in [3.05, 3.63) is 53.9 Å². The fraction of sp³-hybridized carbons (Fsp3) is 0.278. The summed E-state index contributed by atoms with van der Waals surface area (Å²) in [6.07, 6.45) is 4.09. The number of aromatic nitrogens is 5. The highest BCUT2D eigenvalue weighted by molar-refractivity contribution is 5.67. The molecule has 0 saturated heterocycles. The van der Waals surface area contributed by atoms with Gasteiger partial charge in [0.15, 0.2) is 5.82 Å². The predicted octanol–water partition coefficient (Wildman–Crippen LogP) is 1.51. The van der Waals surface area contributed by atoms with E-state index in [1.807, 2.05) is 12.1 Å². The fourth-order valence-corrected chi connectivity index (χ4v) is 3.07. The second kappa shape index (κ2) is 7.40. The molecule has 0 radical (unpaired) electrons. The maximum Gasteiger partial charge on any atom is 0.305 e. The number of carboxylic acids is 1. The van der Waals surface area contributed by atoms with Crippen molar-refractivity contribution in [1.82, 2.24) is 25.0 Å². The van der Waals surface area contributed by atoms with Crippen molar-refractivity contribution >= 4 is 17.7 Å². The third-order valence-electron chi connectivity index (χ3n) is 4.40. The molecule has 4 rings (SSSR count). The minimum atomic E-state index is -0.875. The van der Waals surface area contributed by atoms with Crippen molar-refractivity contribution in [3.63, 3.8) is 0 Å². The first kappa shape index (κ1) is 17.0. The van der Waals surface area contributed by atoms with E-state index < -0.39 is 5.97 Å². The minimum absolute atomic E-state index is 0.0139. The lowest BCUT2D eigenvalue weighted by molar-refractivity contribution is -0.136. The van der Waals surface area contributed by atoms with Gasteiger partial charge in [-0.1, -0.05) is 24.3 Å². The summed E-state index contributed by atoms with van der Waals surface area (Å²) in [7, 11) is 0. The Morgan fingerprint density at radius 2 is 1.85 bits per heavy atom. The quantitative estimate of drug-likeness (QED) is 0.676. The van der Waals surface area contributed by atoms with Gasteiger partial charge in [0.1, 0.15) is 5.82 Å².